The Morgan fingerprint density at radius 3 is 2.71 bits per heavy atom. The van der Waals surface area contributed by atoms with Crippen molar-refractivity contribution >= 4 is 0 Å². The number of hydrogen-bond acceptors (Lipinski definition) is 4. The molecule has 2 heterocycles. The maximum Gasteiger partial charge on any atom is 0.197 e. The first kappa shape index (κ1) is 15.8. The van der Waals surface area contributed by atoms with Crippen molar-refractivity contribution in [3.05, 3.63) is 53.5 Å². The standard InChI is InChI=1S/C19H23FN2O2/c20-18-4-2-1-3-15(18)13-23-16-7-9-22(10-8-16)12-17-11-21-19(24-17)14-5-6-14/h1-4,11,14,16H,5-10,12-13H2. The molecule has 1 saturated carbocycles. The summed E-state index contributed by atoms with van der Waals surface area (Å²) in [7, 11) is 0. The van der Waals surface area contributed by atoms with E-state index in [1.807, 2.05) is 12.3 Å². The summed E-state index contributed by atoms with van der Waals surface area (Å²) in [4.78, 5) is 6.75. The van der Waals surface area contributed by atoms with Gasteiger partial charge in [0.15, 0.2) is 5.89 Å². The van der Waals surface area contributed by atoms with E-state index in [9.17, 15) is 4.39 Å². The van der Waals surface area contributed by atoms with Crippen LogP contribution < -0.4 is 0 Å². The lowest BCUT2D eigenvalue weighted by Gasteiger charge is -2.31. The molecule has 0 N–H and O–H groups in total. The molecule has 24 heavy (non-hydrogen) atoms. The first-order chi connectivity index (χ1) is 11.8. The van der Waals surface area contributed by atoms with Gasteiger partial charge < -0.3 is 9.15 Å². The maximum atomic E-state index is 13.6. The van der Waals surface area contributed by atoms with Crippen LogP contribution in [0.4, 0.5) is 4.39 Å². The zero-order chi connectivity index (χ0) is 16.4. The van der Waals surface area contributed by atoms with Gasteiger partial charge in [-0.2, -0.15) is 0 Å². The van der Waals surface area contributed by atoms with Crippen molar-refractivity contribution in [2.75, 3.05) is 13.1 Å². The van der Waals surface area contributed by atoms with E-state index in [4.69, 9.17) is 9.15 Å². The molecule has 1 aliphatic carbocycles. The van der Waals surface area contributed by atoms with E-state index in [0.717, 1.165) is 44.1 Å². The molecule has 1 saturated heterocycles. The van der Waals surface area contributed by atoms with E-state index >= 15 is 0 Å². The SMILES string of the molecule is Fc1ccccc1COC1CCN(Cc2cnc(C3CC3)o2)CC1. The summed E-state index contributed by atoms with van der Waals surface area (Å²) in [5.41, 5.74) is 0.634. The Bertz CT molecular complexity index is 676. The van der Waals surface area contributed by atoms with Crippen molar-refractivity contribution in [3.8, 4) is 0 Å². The number of likely N-dealkylation sites (tertiary alicyclic amines) is 1. The number of piperidine rings is 1. The molecular formula is C19H23FN2O2. The van der Waals surface area contributed by atoms with Gasteiger partial charge in [0.1, 0.15) is 11.6 Å². The largest absolute Gasteiger partial charge is 0.444 e. The van der Waals surface area contributed by atoms with Crippen LogP contribution in [-0.4, -0.2) is 29.1 Å². The van der Waals surface area contributed by atoms with Gasteiger partial charge in [-0.1, -0.05) is 18.2 Å². The second-order valence-electron chi connectivity index (χ2n) is 6.82. The summed E-state index contributed by atoms with van der Waals surface area (Å²) in [6.07, 6.45) is 6.44. The highest BCUT2D eigenvalue weighted by Gasteiger charge is 2.29. The van der Waals surface area contributed by atoms with Gasteiger partial charge >= 0.3 is 0 Å². The van der Waals surface area contributed by atoms with E-state index in [0.29, 0.717) is 18.1 Å². The summed E-state index contributed by atoms with van der Waals surface area (Å²) >= 11 is 0. The van der Waals surface area contributed by atoms with Crippen LogP contribution in [-0.2, 0) is 17.9 Å². The zero-order valence-corrected chi connectivity index (χ0v) is 13.8. The predicted molar refractivity (Wildman–Crippen MR) is 88.0 cm³/mol. The third kappa shape index (κ3) is 3.84. The zero-order valence-electron chi connectivity index (χ0n) is 13.8. The molecule has 4 rings (SSSR count). The Balaban J connectivity index is 1.22. The number of oxazole rings is 1. The normalized spacial score (nSPS) is 19.7. The average Bonchev–Trinajstić information content (AvgIpc) is 3.35. The minimum absolute atomic E-state index is 0.188. The topological polar surface area (TPSA) is 38.5 Å². The van der Waals surface area contributed by atoms with Crippen LogP contribution in [0.2, 0.25) is 0 Å². The van der Waals surface area contributed by atoms with Gasteiger partial charge in [0, 0.05) is 24.6 Å². The van der Waals surface area contributed by atoms with Gasteiger partial charge in [-0.15, -0.1) is 0 Å². The van der Waals surface area contributed by atoms with E-state index in [1.54, 1.807) is 12.1 Å². The van der Waals surface area contributed by atoms with Crippen LogP contribution in [0.3, 0.4) is 0 Å². The van der Waals surface area contributed by atoms with Gasteiger partial charge in [0.2, 0.25) is 0 Å². The van der Waals surface area contributed by atoms with Crippen molar-refractivity contribution in [1.29, 1.82) is 0 Å². The molecule has 0 unspecified atom stereocenters. The molecule has 1 aromatic heterocycles. The second kappa shape index (κ2) is 7.03. The number of rotatable bonds is 6. The molecule has 0 radical (unpaired) electrons. The summed E-state index contributed by atoms with van der Waals surface area (Å²) in [6.45, 7) is 3.12. The molecule has 1 aliphatic heterocycles. The molecule has 0 spiro atoms. The quantitative estimate of drug-likeness (QED) is 0.806. The molecule has 4 nitrogen and oxygen atoms in total. The minimum Gasteiger partial charge on any atom is -0.444 e. The van der Waals surface area contributed by atoms with Crippen molar-refractivity contribution in [1.82, 2.24) is 9.88 Å². The van der Waals surface area contributed by atoms with E-state index in [1.165, 1.54) is 18.9 Å². The van der Waals surface area contributed by atoms with Crippen molar-refractivity contribution in [3.63, 3.8) is 0 Å². The van der Waals surface area contributed by atoms with Crippen LogP contribution in [0, 0.1) is 5.82 Å². The summed E-state index contributed by atoms with van der Waals surface area (Å²) in [6, 6.07) is 6.81. The van der Waals surface area contributed by atoms with Gasteiger partial charge in [-0.25, -0.2) is 9.37 Å². The highest BCUT2D eigenvalue weighted by molar-refractivity contribution is 5.16. The number of hydrogen-bond donors (Lipinski definition) is 0. The lowest BCUT2D eigenvalue weighted by molar-refractivity contribution is -0.00602. The summed E-state index contributed by atoms with van der Waals surface area (Å²) in [5, 5.41) is 0. The van der Waals surface area contributed by atoms with Gasteiger partial charge in [-0.05, 0) is 31.7 Å². The van der Waals surface area contributed by atoms with Gasteiger partial charge in [0.25, 0.3) is 0 Å². The molecule has 1 aromatic carbocycles. The number of halogens is 1. The van der Waals surface area contributed by atoms with Gasteiger partial charge in [0.05, 0.1) is 25.5 Å². The Morgan fingerprint density at radius 2 is 1.96 bits per heavy atom. The second-order valence-corrected chi connectivity index (χ2v) is 6.82. The third-order valence-corrected chi connectivity index (χ3v) is 4.84. The molecule has 2 fully saturated rings. The molecular weight excluding hydrogens is 307 g/mol. The first-order valence-electron chi connectivity index (χ1n) is 8.80. The Hall–Kier alpha value is -1.72. The number of aromatic nitrogens is 1. The molecule has 128 valence electrons. The average molecular weight is 330 g/mol. The third-order valence-electron chi connectivity index (χ3n) is 4.84. The van der Waals surface area contributed by atoms with Crippen LogP contribution >= 0.6 is 0 Å². The van der Waals surface area contributed by atoms with Crippen molar-refractivity contribution in [2.24, 2.45) is 0 Å². The van der Waals surface area contributed by atoms with Crippen LogP contribution in [0.5, 0.6) is 0 Å². The lowest BCUT2D eigenvalue weighted by Crippen LogP contribution is -2.36. The lowest BCUT2D eigenvalue weighted by atomic mass is 10.1. The van der Waals surface area contributed by atoms with Crippen molar-refractivity contribution in [2.45, 2.75) is 50.9 Å². The Morgan fingerprint density at radius 1 is 1.17 bits per heavy atom. The van der Waals surface area contributed by atoms with Crippen LogP contribution in [0.15, 0.2) is 34.9 Å². The van der Waals surface area contributed by atoms with Crippen LogP contribution in [0.1, 0.15) is 48.8 Å². The molecule has 5 heteroatoms. The van der Waals surface area contributed by atoms with E-state index in [2.05, 4.69) is 9.88 Å². The molecule has 2 aliphatic rings. The molecule has 0 amide bonds. The number of nitrogens with zero attached hydrogens (tertiary/aromatic N) is 2. The summed E-state index contributed by atoms with van der Waals surface area (Å²) < 4.78 is 25.3. The number of benzene rings is 1. The Labute approximate surface area is 141 Å². The maximum absolute atomic E-state index is 13.6. The van der Waals surface area contributed by atoms with E-state index < -0.39 is 0 Å². The number of ether oxygens (including phenoxy) is 1. The summed E-state index contributed by atoms with van der Waals surface area (Å²) in [5.74, 6) is 2.25. The van der Waals surface area contributed by atoms with Crippen molar-refractivity contribution < 1.29 is 13.5 Å². The Kier molecular flexibility index (Phi) is 4.63. The fraction of sp³-hybridized carbons (Fsp3) is 0.526. The first-order valence-corrected chi connectivity index (χ1v) is 8.80. The van der Waals surface area contributed by atoms with Gasteiger partial charge in [-0.3, -0.25) is 4.90 Å². The molecule has 0 atom stereocenters. The minimum atomic E-state index is -0.188. The smallest absolute Gasteiger partial charge is 0.197 e. The van der Waals surface area contributed by atoms with Crippen LogP contribution in [0.25, 0.3) is 0 Å². The molecule has 2 aromatic rings. The highest BCUT2D eigenvalue weighted by Crippen LogP contribution is 2.39. The fourth-order valence-electron chi connectivity index (χ4n) is 3.19. The fourth-order valence-corrected chi connectivity index (χ4v) is 3.19. The molecule has 0 bridgehead atoms. The predicted octanol–water partition coefficient (Wildman–Crippen LogP) is 3.87. The monoisotopic (exact) mass is 330 g/mol. The highest BCUT2D eigenvalue weighted by atomic mass is 19.1. The van der Waals surface area contributed by atoms with E-state index in [-0.39, 0.29) is 11.9 Å².